The number of anilines is 1. The number of benzene rings is 2. The molecule has 0 N–H and O–H groups in total. The summed E-state index contributed by atoms with van der Waals surface area (Å²) >= 11 is 12.3. The van der Waals surface area contributed by atoms with Crippen molar-refractivity contribution in [2.24, 2.45) is 5.92 Å². The van der Waals surface area contributed by atoms with E-state index >= 15 is 0 Å². The maximum Gasteiger partial charge on any atom is 0.227 e. The van der Waals surface area contributed by atoms with Gasteiger partial charge in [0.25, 0.3) is 0 Å². The molecule has 2 aliphatic rings. The average molecular weight is 466 g/mol. The van der Waals surface area contributed by atoms with Crippen LogP contribution in [0.5, 0.6) is 0 Å². The van der Waals surface area contributed by atoms with Gasteiger partial charge in [0.2, 0.25) is 13.3 Å². The molecule has 1 aliphatic carbocycles. The van der Waals surface area contributed by atoms with E-state index in [4.69, 9.17) is 27.7 Å². The summed E-state index contributed by atoms with van der Waals surface area (Å²) < 4.78 is 19.4. The van der Waals surface area contributed by atoms with Crippen LogP contribution in [0.3, 0.4) is 0 Å². The highest BCUT2D eigenvalue weighted by Crippen LogP contribution is 2.54. The molecule has 0 aromatic heterocycles. The van der Waals surface area contributed by atoms with Crippen molar-refractivity contribution in [3.63, 3.8) is 0 Å². The molecule has 160 valence electrons. The second-order valence-corrected chi connectivity index (χ2v) is 11.6. The van der Waals surface area contributed by atoms with Crippen molar-refractivity contribution in [1.82, 2.24) is 0 Å². The summed E-state index contributed by atoms with van der Waals surface area (Å²) in [6.45, 7) is 3.04. The molecule has 0 bridgehead atoms. The normalized spacial score (nSPS) is 18.2. The molecular weight excluding hydrogens is 440 g/mol. The summed E-state index contributed by atoms with van der Waals surface area (Å²) in [6.07, 6.45) is 4.28. The van der Waals surface area contributed by atoms with Crippen LogP contribution >= 0.6 is 30.6 Å². The van der Waals surface area contributed by atoms with Crippen LogP contribution < -0.4 is 4.90 Å². The number of carbonyl (C=O) groups is 1. The minimum absolute atomic E-state index is 0.208. The van der Waals surface area contributed by atoms with E-state index < -0.39 is 7.37 Å². The summed E-state index contributed by atoms with van der Waals surface area (Å²) in [6, 6.07) is 11.3. The summed E-state index contributed by atoms with van der Waals surface area (Å²) in [7, 11) is -2.99. The molecule has 0 spiro atoms. The molecule has 30 heavy (non-hydrogen) atoms. The Hall–Kier alpha value is -1.32. The molecule has 4 rings (SSSR count). The number of carbonyl (C=O) groups excluding carboxylic acids is 1. The molecule has 0 radical (unpaired) electrons. The van der Waals surface area contributed by atoms with E-state index in [2.05, 4.69) is 6.07 Å². The number of amides is 1. The van der Waals surface area contributed by atoms with Crippen molar-refractivity contribution in [3.8, 4) is 0 Å². The Balaban J connectivity index is 1.56. The number of hydrogen-bond acceptors (Lipinski definition) is 3. The van der Waals surface area contributed by atoms with Gasteiger partial charge in [-0.1, -0.05) is 41.4 Å². The van der Waals surface area contributed by atoms with Gasteiger partial charge in [-0.25, -0.2) is 0 Å². The molecule has 2 aromatic rings. The van der Waals surface area contributed by atoms with E-state index in [1.54, 1.807) is 12.1 Å². The third-order valence-corrected chi connectivity index (χ3v) is 8.68. The van der Waals surface area contributed by atoms with Crippen molar-refractivity contribution < 1.29 is 13.9 Å². The van der Waals surface area contributed by atoms with E-state index in [1.807, 2.05) is 30.0 Å². The number of rotatable bonds is 8. The molecule has 1 fully saturated rings. The Morgan fingerprint density at radius 1 is 1.10 bits per heavy atom. The molecule has 1 amide bonds. The van der Waals surface area contributed by atoms with Crippen molar-refractivity contribution in [2.45, 2.75) is 44.9 Å². The van der Waals surface area contributed by atoms with Gasteiger partial charge in [-0.3, -0.25) is 9.36 Å². The fourth-order valence-electron chi connectivity index (χ4n) is 4.04. The predicted molar refractivity (Wildman–Crippen MR) is 123 cm³/mol. The van der Waals surface area contributed by atoms with Crippen molar-refractivity contribution in [3.05, 3.63) is 63.1 Å². The molecule has 1 atom stereocenters. The maximum absolute atomic E-state index is 13.6. The minimum atomic E-state index is -2.99. The Kier molecular flexibility index (Phi) is 6.60. The Bertz CT molecular complexity index is 1010. The van der Waals surface area contributed by atoms with Crippen LogP contribution in [0, 0.1) is 5.92 Å². The van der Waals surface area contributed by atoms with Gasteiger partial charge in [0.05, 0.1) is 18.9 Å². The fraction of sp³-hybridized carbons (Fsp3) is 0.435. The van der Waals surface area contributed by atoms with Crippen molar-refractivity contribution in [2.75, 3.05) is 18.1 Å². The lowest BCUT2D eigenvalue weighted by molar-refractivity contribution is -0.118. The zero-order chi connectivity index (χ0) is 21.3. The summed E-state index contributed by atoms with van der Waals surface area (Å²) in [4.78, 5) is 14.4. The first-order chi connectivity index (χ1) is 14.4. The van der Waals surface area contributed by atoms with Gasteiger partial charge in [-0.15, -0.1) is 0 Å². The highest BCUT2D eigenvalue weighted by molar-refractivity contribution is 7.57. The highest BCUT2D eigenvalue weighted by atomic mass is 35.5. The largest absolute Gasteiger partial charge is 0.328 e. The van der Waals surface area contributed by atoms with Gasteiger partial charge in [0.15, 0.2) is 0 Å². The Labute approximate surface area is 188 Å². The zero-order valence-corrected chi connectivity index (χ0v) is 19.5. The lowest BCUT2D eigenvalue weighted by Crippen LogP contribution is -2.36. The van der Waals surface area contributed by atoms with Crippen LogP contribution in [0.1, 0.15) is 42.9 Å². The SMILES string of the molecule is CCOP(=O)(Cc1ccc2c(c1)CCC(=O)N2CC1CC1)Cc1ccc(Cl)cc1Cl. The molecule has 0 saturated heterocycles. The number of aryl methyl sites for hydroxylation is 1. The first-order valence-electron chi connectivity index (χ1n) is 10.5. The lowest BCUT2D eigenvalue weighted by atomic mass is 9.99. The third kappa shape index (κ3) is 5.11. The number of halogens is 2. The van der Waals surface area contributed by atoms with Crippen molar-refractivity contribution in [1.29, 1.82) is 0 Å². The van der Waals surface area contributed by atoms with E-state index in [1.165, 1.54) is 12.8 Å². The van der Waals surface area contributed by atoms with Crippen LogP contribution in [0.2, 0.25) is 10.0 Å². The lowest BCUT2D eigenvalue weighted by Gasteiger charge is -2.30. The van der Waals surface area contributed by atoms with Gasteiger partial charge in [0.1, 0.15) is 0 Å². The third-order valence-electron chi connectivity index (χ3n) is 5.70. The highest BCUT2D eigenvalue weighted by Gasteiger charge is 2.32. The molecule has 7 heteroatoms. The van der Waals surface area contributed by atoms with Crippen LogP contribution in [0.4, 0.5) is 5.69 Å². The number of fused-ring (bicyclic) bond motifs is 1. The first-order valence-corrected chi connectivity index (χ1v) is 13.2. The molecule has 1 heterocycles. The molecular formula is C23H26Cl2NO3P. The predicted octanol–water partition coefficient (Wildman–Crippen LogP) is 6.70. The quantitative estimate of drug-likeness (QED) is 0.407. The molecule has 2 aromatic carbocycles. The van der Waals surface area contributed by atoms with Crippen LogP contribution in [0.25, 0.3) is 0 Å². The smallest absolute Gasteiger partial charge is 0.227 e. The second-order valence-electron chi connectivity index (χ2n) is 8.20. The van der Waals surface area contributed by atoms with Crippen LogP contribution in [-0.4, -0.2) is 19.1 Å². The van der Waals surface area contributed by atoms with Gasteiger partial charge >= 0.3 is 0 Å². The van der Waals surface area contributed by atoms with Gasteiger partial charge in [0, 0.05) is 28.7 Å². The Morgan fingerprint density at radius 2 is 1.90 bits per heavy atom. The van der Waals surface area contributed by atoms with E-state index in [0.717, 1.165) is 35.3 Å². The molecule has 1 unspecified atom stereocenters. The second kappa shape index (κ2) is 9.04. The number of hydrogen-bond donors (Lipinski definition) is 0. The standard InChI is InChI=1S/C23H26Cl2NO3P/c1-2-29-30(28,15-19-6-8-20(24)12-21(19)25)14-17-5-9-22-18(11-17)7-10-23(27)26(22)13-16-3-4-16/h5-6,8-9,11-12,16H,2-4,7,10,13-15H2,1H3. The molecule has 4 nitrogen and oxygen atoms in total. The zero-order valence-electron chi connectivity index (χ0n) is 17.1. The number of nitrogens with zero attached hydrogens (tertiary/aromatic N) is 1. The van der Waals surface area contributed by atoms with E-state index in [9.17, 15) is 9.36 Å². The Morgan fingerprint density at radius 3 is 2.60 bits per heavy atom. The monoisotopic (exact) mass is 465 g/mol. The summed E-state index contributed by atoms with van der Waals surface area (Å²) in [5.41, 5.74) is 3.91. The average Bonchev–Trinajstić information content (AvgIpc) is 3.51. The van der Waals surface area contributed by atoms with Crippen LogP contribution in [-0.2, 0) is 32.6 Å². The van der Waals surface area contributed by atoms with Crippen molar-refractivity contribution >= 4 is 42.2 Å². The minimum Gasteiger partial charge on any atom is -0.328 e. The van der Waals surface area contributed by atoms with E-state index in [0.29, 0.717) is 35.2 Å². The van der Waals surface area contributed by atoms with Crippen LogP contribution in [0.15, 0.2) is 36.4 Å². The molecule has 1 saturated carbocycles. The van der Waals surface area contributed by atoms with Gasteiger partial charge in [-0.2, -0.15) is 0 Å². The first kappa shape index (κ1) is 21.9. The van der Waals surface area contributed by atoms with Gasteiger partial charge in [-0.05, 0) is 67.0 Å². The molecule has 1 aliphatic heterocycles. The maximum atomic E-state index is 13.6. The van der Waals surface area contributed by atoms with Gasteiger partial charge < -0.3 is 9.42 Å². The topological polar surface area (TPSA) is 46.6 Å². The fourth-order valence-corrected chi connectivity index (χ4v) is 6.92. The summed E-state index contributed by atoms with van der Waals surface area (Å²) in [5.74, 6) is 0.849. The van der Waals surface area contributed by atoms with E-state index in [-0.39, 0.29) is 12.1 Å². The summed E-state index contributed by atoms with van der Waals surface area (Å²) in [5, 5.41) is 1.05.